The third kappa shape index (κ3) is 6.20. The summed E-state index contributed by atoms with van der Waals surface area (Å²) in [4.78, 5) is 27.4. The Bertz CT molecular complexity index is 1070. The van der Waals surface area contributed by atoms with Crippen LogP contribution in [0.2, 0.25) is 0 Å². The van der Waals surface area contributed by atoms with Crippen molar-refractivity contribution in [2.75, 3.05) is 12.0 Å². The number of alkyl halides is 9. The van der Waals surface area contributed by atoms with E-state index in [1.165, 1.54) is 6.92 Å². The number of methoxy groups -OCH3 is 1. The number of aromatic nitrogens is 2. The number of benzene rings is 1. The summed E-state index contributed by atoms with van der Waals surface area (Å²) in [6, 6.07) is 0.130. The molecule has 0 unspecified atom stereocenters. The minimum atomic E-state index is -5.48. The quantitative estimate of drug-likeness (QED) is 0.461. The van der Waals surface area contributed by atoms with Gasteiger partial charge in [0.25, 0.3) is 5.56 Å². The van der Waals surface area contributed by atoms with Crippen LogP contribution < -0.4 is 10.5 Å². The molecule has 0 saturated carbocycles. The molecule has 0 fully saturated rings. The van der Waals surface area contributed by atoms with Crippen molar-refractivity contribution < 1.29 is 49.0 Å². The van der Waals surface area contributed by atoms with Crippen molar-refractivity contribution in [3.8, 4) is 0 Å². The molecule has 2 aromatic rings. The lowest BCUT2D eigenvalue weighted by atomic mass is 10.1. The first-order chi connectivity index (χ1) is 15.5. The highest BCUT2D eigenvalue weighted by Gasteiger charge is 2.42. The summed E-state index contributed by atoms with van der Waals surface area (Å²) in [7, 11) is 0.661. The third-order valence-electron chi connectivity index (χ3n) is 4.02. The number of hydrogen-bond acceptors (Lipinski definition) is 4. The minimum Gasteiger partial charge on any atom is -0.452 e. The van der Waals surface area contributed by atoms with Crippen molar-refractivity contribution in [1.29, 1.82) is 0 Å². The molecular formula is C19H18F9N3O3. The Kier molecular flexibility index (Phi) is 8.75. The number of rotatable bonds is 3. The number of ether oxygens (including phenoxy) is 1. The maximum atomic E-state index is 13.6. The van der Waals surface area contributed by atoms with Crippen molar-refractivity contribution in [3.63, 3.8) is 0 Å². The number of carbonyl (C=O) groups is 1. The average molecular weight is 507 g/mol. The Morgan fingerprint density at radius 3 is 1.94 bits per heavy atom. The van der Waals surface area contributed by atoms with Crippen LogP contribution in [0.1, 0.15) is 37.6 Å². The fourth-order valence-electron chi connectivity index (χ4n) is 2.62. The Hall–Kier alpha value is -3.26. The van der Waals surface area contributed by atoms with Gasteiger partial charge in [0.1, 0.15) is 0 Å². The lowest BCUT2D eigenvalue weighted by Gasteiger charge is -2.27. The molecule has 6 nitrogen and oxygen atoms in total. The normalized spacial score (nSPS) is 12.0. The smallest absolute Gasteiger partial charge is 0.433 e. The van der Waals surface area contributed by atoms with Gasteiger partial charge in [0.2, 0.25) is 5.95 Å². The van der Waals surface area contributed by atoms with Crippen molar-refractivity contribution in [2.24, 2.45) is 0 Å². The van der Waals surface area contributed by atoms with Gasteiger partial charge in [0.15, 0.2) is 5.69 Å². The molecule has 1 amide bonds. The Balaban J connectivity index is 0.00000281. The van der Waals surface area contributed by atoms with E-state index in [1.54, 1.807) is 0 Å². The zero-order valence-corrected chi connectivity index (χ0v) is 18.0. The number of amides is 1. The van der Waals surface area contributed by atoms with Gasteiger partial charge in [0.05, 0.1) is 23.9 Å². The van der Waals surface area contributed by atoms with Crippen LogP contribution in [0, 0.1) is 0 Å². The number of carbonyl (C=O) groups excluding carboxylic acids is 1. The average Bonchev–Trinajstić information content (AvgIpc) is 2.73. The fourth-order valence-corrected chi connectivity index (χ4v) is 2.62. The minimum absolute atomic E-state index is 0.0554. The Labute approximate surface area is 186 Å². The van der Waals surface area contributed by atoms with Crippen LogP contribution in [0.25, 0.3) is 0 Å². The molecule has 0 atom stereocenters. The fraction of sp³-hybridized carbons (Fsp3) is 0.421. The van der Waals surface area contributed by atoms with E-state index in [9.17, 15) is 49.1 Å². The second-order valence-electron chi connectivity index (χ2n) is 6.05. The van der Waals surface area contributed by atoms with E-state index >= 15 is 0 Å². The van der Waals surface area contributed by atoms with Crippen LogP contribution in [0.4, 0.5) is 55.9 Å². The molecule has 1 aromatic carbocycles. The van der Waals surface area contributed by atoms with Gasteiger partial charge in [-0.15, -0.1) is 0 Å². The molecule has 0 radical (unpaired) electrons. The second-order valence-corrected chi connectivity index (χ2v) is 6.05. The molecule has 0 bridgehead atoms. The number of anilines is 2. The van der Waals surface area contributed by atoms with E-state index in [2.05, 4.69) is 9.72 Å². The SMILES string of the molecule is CC.CCn1c(N(C(=O)OC)c2ccc(C(F)(F)F)cc2C(F)(F)F)nc(C(F)(F)F)cc1=O. The maximum Gasteiger partial charge on any atom is 0.433 e. The maximum absolute atomic E-state index is 13.6. The highest BCUT2D eigenvalue weighted by Crippen LogP contribution is 2.42. The predicted octanol–water partition coefficient (Wildman–Crippen LogP) is 6.25. The second kappa shape index (κ2) is 10.3. The van der Waals surface area contributed by atoms with Crippen molar-refractivity contribution in [3.05, 3.63) is 51.4 Å². The lowest BCUT2D eigenvalue weighted by Crippen LogP contribution is -2.36. The van der Waals surface area contributed by atoms with Crippen LogP contribution >= 0.6 is 0 Å². The molecule has 190 valence electrons. The summed E-state index contributed by atoms with van der Waals surface area (Å²) in [5, 5.41) is 0. The molecule has 15 heteroatoms. The molecule has 0 N–H and O–H groups in total. The summed E-state index contributed by atoms with van der Waals surface area (Å²) in [6.07, 6.45) is -17.6. The summed E-state index contributed by atoms with van der Waals surface area (Å²) >= 11 is 0. The van der Waals surface area contributed by atoms with Gasteiger partial charge >= 0.3 is 24.6 Å². The zero-order valence-electron chi connectivity index (χ0n) is 18.0. The standard InChI is InChI=1S/C17H12F9N3O3.C2H6/c1-3-28-12(30)7-11(17(24,25)26)27-13(28)29(14(31)32-2)10-5-4-8(15(18,19)20)6-9(10)16(21,22)23;1-2/h4-7H,3H2,1-2H3;1-2H3. The number of hydrogen-bond donors (Lipinski definition) is 0. The van der Waals surface area contributed by atoms with E-state index in [4.69, 9.17) is 0 Å². The van der Waals surface area contributed by atoms with E-state index in [1.807, 2.05) is 13.8 Å². The summed E-state index contributed by atoms with van der Waals surface area (Å²) < 4.78 is 124. The highest BCUT2D eigenvalue weighted by molar-refractivity contribution is 5.95. The Morgan fingerprint density at radius 1 is 0.971 bits per heavy atom. The van der Waals surface area contributed by atoms with E-state index in [-0.39, 0.29) is 29.2 Å². The molecule has 2 rings (SSSR count). The molecule has 1 aromatic heterocycles. The number of nitrogens with zero attached hydrogens (tertiary/aromatic N) is 3. The van der Waals surface area contributed by atoms with Crippen LogP contribution in [0.5, 0.6) is 0 Å². The van der Waals surface area contributed by atoms with Crippen LogP contribution in [-0.2, 0) is 29.8 Å². The van der Waals surface area contributed by atoms with Crippen LogP contribution in [0.15, 0.2) is 29.1 Å². The molecule has 0 aliphatic carbocycles. The van der Waals surface area contributed by atoms with Crippen molar-refractivity contribution in [2.45, 2.75) is 45.8 Å². The molecule has 0 aliphatic heterocycles. The molecule has 0 saturated heterocycles. The first-order valence-electron chi connectivity index (χ1n) is 9.38. The molecular weight excluding hydrogens is 489 g/mol. The lowest BCUT2D eigenvalue weighted by molar-refractivity contribution is -0.143. The summed E-state index contributed by atoms with van der Waals surface area (Å²) in [5.74, 6) is -1.23. The molecule has 1 heterocycles. The van der Waals surface area contributed by atoms with Crippen LogP contribution in [-0.4, -0.2) is 22.8 Å². The first-order valence-corrected chi connectivity index (χ1v) is 9.38. The summed E-state index contributed by atoms with van der Waals surface area (Å²) in [6.45, 7) is 4.77. The van der Waals surface area contributed by atoms with Gasteiger partial charge < -0.3 is 4.74 Å². The van der Waals surface area contributed by atoms with E-state index in [0.717, 1.165) is 0 Å². The largest absolute Gasteiger partial charge is 0.452 e. The Morgan fingerprint density at radius 2 is 1.53 bits per heavy atom. The number of halogens is 9. The van der Waals surface area contributed by atoms with Gasteiger partial charge in [-0.2, -0.15) is 39.5 Å². The molecule has 34 heavy (non-hydrogen) atoms. The molecule has 0 spiro atoms. The zero-order chi connectivity index (χ0) is 26.6. The van der Waals surface area contributed by atoms with Gasteiger partial charge in [-0.05, 0) is 25.1 Å². The van der Waals surface area contributed by atoms with Gasteiger partial charge in [-0.25, -0.2) is 14.7 Å². The van der Waals surface area contributed by atoms with Crippen molar-refractivity contribution >= 4 is 17.7 Å². The predicted molar refractivity (Wildman–Crippen MR) is 102 cm³/mol. The first kappa shape index (κ1) is 28.8. The monoisotopic (exact) mass is 507 g/mol. The third-order valence-corrected chi connectivity index (χ3v) is 4.02. The van der Waals surface area contributed by atoms with Crippen molar-refractivity contribution in [1.82, 2.24) is 9.55 Å². The van der Waals surface area contributed by atoms with Crippen LogP contribution in [0.3, 0.4) is 0 Å². The summed E-state index contributed by atoms with van der Waals surface area (Å²) in [5.41, 5.74) is -8.29. The van der Waals surface area contributed by atoms with Gasteiger partial charge in [-0.1, -0.05) is 13.8 Å². The topological polar surface area (TPSA) is 64.4 Å². The molecule has 0 aliphatic rings. The van der Waals surface area contributed by atoms with E-state index in [0.29, 0.717) is 11.7 Å². The van der Waals surface area contributed by atoms with Gasteiger partial charge in [0, 0.05) is 12.6 Å². The van der Waals surface area contributed by atoms with E-state index < -0.39 is 65.2 Å². The van der Waals surface area contributed by atoms with Gasteiger partial charge in [-0.3, -0.25) is 9.36 Å². The highest BCUT2D eigenvalue weighted by atomic mass is 19.4.